The van der Waals surface area contributed by atoms with Crippen LogP contribution in [0.1, 0.15) is 33.6 Å². The molecule has 0 aliphatic carbocycles. The summed E-state index contributed by atoms with van der Waals surface area (Å²) in [4.78, 5) is 32.5. The van der Waals surface area contributed by atoms with E-state index in [1.807, 2.05) is 0 Å². The van der Waals surface area contributed by atoms with Crippen molar-refractivity contribution in [3.63, 3.8) is 0 Å². The van der Waals surface area contributed by atoms with Crippen molar-refractivity contribution in [3.05, 3.63) is 11.8 Å². The lowest BCUT2D eigenvalue weighted by atomic mass is 9.92. The molecule has 0 radical (unpaired) electrons. The second-order valence-corrected chi connectivity index (χ2v) is 7.53. The Hall–Kier alpha value is -2.31. The van der Waals surface area contributed by atoms with Crippen LogP contribution in [0.3, 0.4) is 0 Å². The Labute approximate surface area is 177 Å². The number of amidine groups is 1. The zero-order valence-electron chi connectivity index (χ0n) is 17.5. The highest BCUT2D eigenvalue weighted by molar-refractivity contribution is 5.98. The number of carbonyl (C=O) groups is 2. The number of allylic oxidation sites excluding steroid dienone is 2. The molecule has 2 fully saturated rings. The van der Waals surface area contributed by atoms with Crippen LogP contribution >= 0.6 is 0 Å². The van der Waals surface area contributed by atoms with Crippen LogP contribution in [0.4, 0.5) is 18.0 Å². The average molecular weight is 449 g/mol. The molecular formula is C19H26F3N3O6. The molecule has 0 saturated carbocycles. The van der Waals surface area contributed by atoms with Gasteiger partial charge in [-0.25, -0.2) is 19.7 Å². The number of aliphatic hydroxyl groups is 1. The highest BCUT2D eigenvalue weighted by Crippen LogP contribution is 2.30. The zero-order chi connectivity index (χ0) is 23.4. The van der Waals surface area contributed by atoms with E-state index in [1.54, 1.807) is 13.8 Å². The van der Waals surface area contributed by atoms with Gasteiger partial charge in [-0.15, -0.1) is 0 Å². The second-order valence-electron chi connectivity index (χ2n) is 7.53. The summed E-state index contributed by atoms with van der Waals surface area (Å²) in [5.41, 5.74) is -1.22. The second kappa shape index (κ2) is 9.88. The first-order valence-electron chi connectivity index (χ1n) is 9.63. The minimum Gasteiger partial charge on any atom is -0.447 e. The van der Waals surface area contributed by atoms with Crippen molar-refractivity contribution in [2.45, 2.75) is 57.8 Å². The van der Waals surface area contributed by atoms with Gasteiger partial charge >= 0.3 is 12.3 Å². The summed E-state index contributed by atoms with van der Waals surface area (Å²) in [7, 11) is 0. The van der Waals surface area contributed by atoms with Gasteiger partial charge in [-0.05, 0) is 27.5 Å². The standard InChI is InChI=1S/C19H26F3N3O6/c1-5-14(19(20,21)22)24-15(23-4)9-12(16(27)25-6-7-29-17(25)28)13(26)8-11-10-30-18(2,3)31-11/h5,11-13,26H,4,6-10H2,1-3H3/b14-5-,24-15?. The number of hydrogen-bond donors (Lipinski definition) is 1. The Morgan fingerprint density at radius 1 is 1.45 bits per heavy atom. The van der Waals surface area contributed by atoms with Crippen LogP contribution < -0.4 is 0 Å². The van der Waals surface area contributed by atoms with E-state index in [1.165, 1.54) is 0 Å². The number of aliphatic hydroxyl groups excluding tert-OH is 1. The third-order valence-corrected chi connectivity index (χ3v) is 4.78. The van der Waals surface area contributed by atoms with Crippen molar-refractivity contribution in [2.24, 2.45) is 15.9 Å². The third-order valence-electron chi connectivity index (χ3n) is 4.78. The number of amides is 2. The van der Waals surface area contributed by atoms with Crippen LogP contribution in [0.5, 0.6) is 0 Å². The SMILES string of the molecule is C=NC(CC(C(=O)N1CCOC1=O)C(O)CC1COC(C)(C)O1)=N/C(=C\C)C(F)(F)F. The summed E-state index contributed by atoms with van der Waals surface area (Å²) in [5.74, 6) is -3.41. The fraction of sp³-hybridized carbons (Fsp3) is 0.684. The molecule has 2 saturated heterocycles. The summed E-state index contributed by atoms with van der Waals surface area (Å²) < 4.78 is 55.0. The highest BCUT2D eigenvalue weighted by atomic mass is 19.4. The van der Waals surface area contributed by atoms with Crippen molar-refractivity contribution in [1.29, 1.82) is 0 Å². The summed E-state index contributed by atoms with van der Waals surface area (Å²) in [6.45, 7) is 7.86. The minimum atomic E-state index is -4.73. The van der Waals surface area contributed by atoms with Gasteiger partial charge < -0.3 is 19.3 Å². The largest absolute Gasteiger partial charge is 0.447 e. The van der Waals surface area contributed by atoms with Crippen LogP contribution in [0, 0.1) is 5.92 Å². The van der Waals surface area contributed by atoms with E-state index in [0.717, 1.165) is 17.9 Å². The molecule has 0 spiro atoms. The monoisotopic (exact) mass is 449 g/mol. The van der Waals surface area contributed by atoms with Gasteiger partial charge in [0.2, 0.25) is 5.91 Å². The van der Waals surface area contributed by atoms with E-state index in [2.05, 4.69) is 16.7 Å². The summed E-state index contributed by atoms with van der Waals surface area (Å²) in [5, 5.41) is 10.8. The Morgan fingerprint density at radius 2 is 2.13 bits per heavy atom. The number of ether oxygens (including phenoxy) is 3. The smallest absolute Gasteiger partial charge is 0.433 e. The average Bonchev–Trinajstić information content (AvgIpc) is 3.25. The van der Waals surface area contributed by atoms with Crippen molar-refractivity contribution in [2.75, 3.05) is 19.8 Å². The molecule has 2 heterocycles. The number of carbonyl (C=O) groups excluding carboxylic acids is 2. The van der Waals surface area contributed by atoms with E-state index in [4.69, 9.17) is 14.2 Å². The van der Waals surface area contributed by atoms with Crippen molar-refractivity contribution < 1.29 is 42.1 Å². The van der Waals surface area contributed by atoms with E-state index >= 15 is 0 Å². The quantitative estimate of drug-likeness (QED) is 0.472. The first-order chi connectivity index (χ1) is 14.4. The number of aliphatic imine (C=N–C) groups is 2. The molecule has 0 aromatic rings. The molecule has 0 aromatic carbocycles. The van der Waals surface area contributed by atoms with Crippen molar-refractivity contribution >= 4 is 24.6 Å². The van der Waals surface area contributed by atoms with Crippen molar-refractivity contribution in [1.82, 2.24) is 4.90 Å². The number of hydrogen-bond acceptors (Lipinski definition) is 7. The lowest BCUT2D eigenvalue weighted by molar-refractivity contribution is -0.145. The number of rotatable bonds is 7. The van der Waals surface area contributed by atoms with Gasteiger partial charge in [-0.1, -0.05) is 6.08 Å². The normalized spacial score (nSPS) is 24.2. The Kier molecular flexibility index (Phi) is 7.95. The minimum absolute atomic E-state index is 0.0153. The Balaban J connectivity index is 2.26. The molecular weight excluding hydrogens is 423 g/mol. The van der Waals surface area contributed by atoms with Crippen LogP contribution in [0.2, 0.25) is 0 Å². The number of imide groups is 1. The summed E-state index contributed by atoms with van der Waals surface area (Å²) in [6.07, 6.45) is -7.33. The fourth-order valence-corrected chi connectivity index (χ4v) is 3.27. The predicted molar refractivity (Wildman–Crippen MR) is 103 cm³/mol. The van der Waals surface area contributed by atoms with Crippen LogP contribution in [-0.4, -0.2) is 78.5 Å². The zero-order valence-corrected chi connectivity index (χ0v) is 17.5. The van der Waals surface area contributed by atoms with E-state index in [0.29, 0.717) is 0 Å². The number of nitrogens with zero attached hydrogens (tertiary/aromatic N) is 3. The first-order valence-corrected chi connectivity index (χ1v) is 9.63. The van der Waals surface area contributed by atoms with Gasteiger partial charge in [-0.3, -0.25) is 4.79 Å². The number of alkyl halides is 3. The third kappa shape index (κ3) is 6.58. The van der Waals surface area contributed by atoms with Gasteiger partial charge in [0, 0.05) is 12.8 Å². The molecule has 2 amide bonds. The summed E-state index contributed by atoms with van der Waals surface area (Å²) >= 11 is 0. The van der Waals surface area contributed by atoms with Crippen LogP contribution in [0.15, 0.2) is 21.8 Å². The maximum absolute atomic E-state index is 13.1. The topological polar surface area (TPSA) is 110 Å². The molecule has 0 aromatic heterocycles. The van der Waals surface area contributed by atoms with E-state index in [9.17, 15) is 27.9 Å². The Morgan fingerprint density at radius 3 is 2.58 bits per heavy atom. The van der Waals surface area contributed by atoms with Crippen LogP contribution in [0.25, 0.3) is 0 Å². The van der Waals surface area contributed by atoms with Crippen LogP contribution in [-0.2, 0) is 19.0 Å². The molecule has 31 heavy (non-hydrogen) atoms. The molecule has 2 aliphatic heterocycles. The van der Waals surface area contributed by atoms with Crippen molar-refractivity contribution in [3.8, 4) is 0 Å². The molecule has 9 nitrogen and oxygen atoms in total. The molecule has 1 N–H and O–H groups in total. The first kappa shape index (κ1) is 25.0. The number of halogens is 3. The van der Waals surface area contributed by atoms with E-state index in [-0.39, 0.29) is 26.2 Å². The highest BCUT2D eigenvalue weighted by Gasteiger charge is 2.41. The van der Waals surface area contributed by atoms with Gasteiger partial charge in [0.1, 0.15) is 18.1 Å². The molecule has 0 bridgehead atoms. The van der Waals surface area contributed by atoms with Gasteiger partial charge in [0.05, 0.1) is 31.3 Å². The molecule has 3 atom stereocenters. The molecule has 12 heteroatoms. The molecule has 2 rings (SSSR count). The molecule has 174 valence electrons. The van der Waals surface area contributed by atoms with Gasteiger partial charge in [0.15, 0.2) is 5.79 Å². The van der Waals surface area contributed by atoms with Gasteiger partial charge in [0.25, 0.3) is 0 Å². The van der Waals surface area contributed by atoms with E-state index < -0.39 is 60.0 Å². The number of cyclic esters (lactones) is 1. The van der Waals surface area contributed by atoms with Gasteiger partial charge in [-0.2, -0.15) is 13.2 Å². The maximum atomic E-state index is 13.1. The molecule has 2 aliphatic rings. The maximum Gasteiger partial charge on any atom is 0.433 e. The molecule has 3 unspecified atom stereocenters. The fourth-order valence-electron chi connectivity index (χ4n) is 3.27. The predicted octanol–water partition coefficient (Wildman–Crippen LogP) is 2.44. The summed E-state index contributed by atoms with van der Waals surface area (Å²) in [6, 6.07) is 0. The lowest BCUT2D eigenvalue weighted by Gasteiger charge is -2.26. The lowest BCUT2D eigenvalue weighted by Crippen LogP contribution is -2.43. The Bertz CT molecular complexity index is 765.